The first-order valence-corrected chi connectivity index (χ1v) is 7.55. The minimum Gasteiger partial charge on any atom is -0.399 e. The van der Waals surface area contributed by atoms with Gasteiger partial charge in [0.1, 0.15) is 5.82 Å². The van der Waals surface area contributed by atoms with Crippen molar-refractivity contribution in [3.8, 4) is 0 Å². The highest BCUT2D eigenvalue weighted by Gasteiger charge is 2.13. The third-order valence-electron chi connectivity index (χ3n) is 2.79. The number of anilines is 1. The van der Waals surface area contributed by atoms with Crippen molar-refractivity contribution >= 4 is 15.7 Å². The minimum absolute atomic E-state index is 0.136. The van der Waals surface area contributed by atoms with E-state index < -0.39 is 10.0 Å². The van der Waals surface area contributed by atoms with Crippen molar-refractivity contribution < 1.29 is 12.8 Å². The van der Waals surface area contributed by atoms with E-state index in [9.17, 15) is 12.8 Å². The van der Waals surface area contributed by atoms with Crippen LogP contribution in [0, 0.1) is 5.82 Å². The number of halogens is 1. The van der Waals surface area contributed by atoms with Gasteiger partial charge in [0.05, 0.1) is 4.90 Å². The van der Waals surface area contributed by atoms with Crippen LogP contribution in [0.1, 0.15) is 5.56 Å². The van der Waals surface area contributed by atoms with Crippen molar-refractivity contribution in [3.05, 3.63) is 59.9 Å². The first-order valence-electron chi connectivity index (χ1n) is 6.07. The molecule has 0 aliphatic carbocycles. The smallest absolute Gasteiger partial charge is 0.240 e. The van der Waals surface area contributed by atoms with Gasteiger partial charge in [0.15, 0.2) is 0 Å². The van der Waals surface area contributed by atoms with Gasteiger partial charge >= 0.3 is 0 Å². The number of nitrogens with two attached hydrogens (primary N) is 1. The molecule has 0 aliphatic heterocycles. The fraction of sp³-hybridized carbons (Fsp3) is 0.143. The summed E-state index contributed by atoms with van der Waals surface area (Å²) in [5.74, 6) is -0.311. The Balaban J connectivity index is 1.98. The molecule has 0 bridgehead atoms. The van der Waals surface area contributed by atoms with Crippen LogP contribution in [-0.4, -0.2) is 15.0 Å². The average molecular weight is 294 g/mol. The lowest BCUT2D eigenvalue weighted by atomic mass is 10.1. The third kappa shape index (κ3) is 3.79. The fourth-order valence-corrected chi connectivity index (χ4v) is 2.83. The van der Waals surface area contributed by atoms with Crippen molar-refractivity contribution in [2.75, 3.05) is 12.3 Å². The van der Waals surface area contributed by atoms with Crippen molar-refractivity contribution in [3.63, 3.8) is 0 Å². The molecule has 106 valence electrons. The van der Waals surface area contributed by atoms with Crippen molar-refractivity contribution in [1.82, 2.24) is 4.72 Å². The van der Waals surface area contributed by atoms with Gasteiger partial charge in [-0.3, -0.25) is 0 Å². The molecule has 2 aromatic rings. The van der Waals surface area contributed by atoms with Gasteiger partial charge in [-0.25, -0.2) is 17.5 Å². The van der Waals surface area contributed by atoms with E-state index in [0.29, 0.717) is 12.1 Å². The van der Waals surface area contributed by atoms with Crippen LogP contribution in [-0.2, 0) is 16.4 Å². The quantitative estimate of drug-likeness (QED) is 0.828. The topological polar surface area (TPSA) is 72.2 Å². The molecule has 0 amide bonds. The van der Waals surface area contributed by atoms with Crippen LogP contribution in [0.5, 0.6) is 0 Å². The summed E-state index contributed by atoms with van der Waals surface area (Å²) >= 11 is 0. The van der Waals surface area contributed by atoms with Crippen molar-refractivity contribution in [1.29, 1.82) is 0 Å². The number of hydrogen-bond donors (Lipinski definition) is 2. The average Bonchev–Trinajstić information content (AvgIpc) is 2.41. The molecule has 0 saturated carbocycles. The van der Waals surface area contributed by atoms with E-state index in [1.807, 2.05) is 0 Å². The fourth-order valence-electron chi connectivity index (χ4n) is 1.75. The van der Waals surface area contributed by atoms with E-state index in [0.717, 1.165) is 5.56 Å². The van der Waals surface area contributed by atoms with Gasteiger partial charge in [0.25, 0.3) is 0 Å². The summed E-state index contributed by atoms with van der Waals surface area (Å²) in [5, 5.41) is 0. The summed E-state index contributed by atoms with van der Waals surface area (Å²) in [5.41, 5.74) is 6.82. The molecule has 20 heavy (non-hydrogen) atoms. The second kappa shape index (κ2) is 6.02. The molecule has 2 rings (SSSR count). The Morgan fingerprint density at radius 2 is 1.80 bits per heavy atom. The first-order chi connectivity index (χ1) is 9.47. The number of benzene rings is 2. The minimum atomic E-state index is -3.57. The van der Waals surface area contributed by atoms with E-state index in [1.165, 1.54) is 24.3 Å². The molecule has 0 aromatic heterocycles. The lowest BCUT2D eigenvalue weighted by Crippen LogP contribution is -2.26. The summed E-state index contributed by atoms with van der Waals surface area (Å²) in [6.45, 7) is 0.239. The van der Waals surface area contributed by atoms with Gasteiger partial charge in [0, 0.05) is 12.2 Å². The summed E-state index contributed by atoms with van der Waals surface area (Å²) in [6, 6.07) is 12.1. The monoisotopic (exact) mass is 294 g/mol. The number of hydrogen-bond acceptors (Lipinski definition) is 3. The van der Waals surface area contributed by atoms with Gasteiger partial charge in [-0.1, -0.05) is 18.2 Å². The summed E-state index contributed by atoms with van der Waals surface area (Å²) in [4.78, 5) is 0.136. The largest absolute Gasteiger partial charge is 0.399 e. The zero-order valence-corrected chi connectivity index (χ0v) is 11.5. The Morgan fingerprint density at radius 1 is 1.10 bits per heavy atom. The Hall–Kier alpha value is -1.92. The van der Waals surface area contributed by atoms with Crippen LogP contribution >= 0.6 is 0 Å². The van der Waals surface area contributed by atoms with Gasteiger partial charge in [-0.05, 0) is 42.3 Å². The number of nitrogen functional groups attached to an aromatic ring is 1. The van der Waals surface area contributed by atoms with Crippen molar-refractivity contribution in [2.45, 2.75) is 11.3 Å². The SMILES string of the molecule is Nc1cccc(S(=O)(=O)NCCc2ccc(F)cc2)c1. The maximum atomic E-state index is 12.7. The molecule has 3 N–H and O–H groups in total. The molecule has 2 aromatic carbocycles. The van der Waals surface area contributed by atoms with Gasteiger partial charge in [-0.15, -0.1) is 0 Å². The number of sulfonamides is 1. The molecular weight excluding hydrogens is 279 g/mol. The van der Waals surface area contributed by atoms with E-state index >= 15 is 0 Å². The van der Waals surface area contributed by atoms with E-state index in [2.05, 4.69) is 4.72 Å². The van der Waals surface area contributed by atoms with Crippen LogP contribution in [0.2, 0.25) is 0 Å². The second-order valence-corrected chi connectivity index (χ2v) is 6.11. The van der Waals surface area contributed by atoms with E-state index in [4.69, 9.17) is 5.73 Å². The Morgan fingerprint density at radius 3 is 2.45 bits per heavy atom. The van der Waals surface area contributed by atoms with Gasteiger partial charge in [0.2, 0.25) is 10.0 Å². The predicted octanol–water partition coefficient (Wildman–Crippen LogP) is 1.93. The Labute approximate surface area is 117 Å². The molecule has 0 radical (unpaired) electrons. The summed E-state index contributed by atoms with van der Waals surface area (Å²) in [6.07, 6.45) is 0.488. The van der Waals surface area contributed by atoms with Crippen LogP contribution in [0.15, 0.2) is 53.4 Å². The molecule has 0 heterocycles. The summed E-state index contributed by atoms with van der Waals surface area (Å²) in [7, 11) is -3.57. The lowest BCUT2D eigenvalue weighted by Gasteiger charge is -2.07. The lowest BCUT2D eigenvalue weighted by molar-refractivity contribution is 0.581. The van der Waals surface area contributed by atoms with Gasteiger partial charge in [-0.2, -0.15) is 0 Å². The first kappa shape index (κ1) is 14.5. The van der Waals surface area contributed by atoms with E-state index in [1.54, 1.807) is 24.3 Å². The van der Waals surface area contributed by atoms with Crippen LogP contribution in [0.3, 0.4) is 0 Å². The molecule has 0 fully saturated rings. The maximum Gasteiger partial charge on any atom is 0.240 e. The molecule has 0 aliphatic rings. The third-order valence-corrected chi connectivity index (χ3v) is 4.25. The second-order valence-electron chi connectivity index (χ2n) is 4.35. The van der Waals surface area contributed by atoms with E-state index in [-0.39, 0.29) is 17.3 Å². The molecular formula is C14H15FN2O2S. The molecule has 4 nitrogen and oxygen atoms in total. The van der Waals surface area contributed by atoms with Crippen molar-refractivity contribution in [2.24, 2.45) is 0 Å². The normalized spacial score (nSPS) is 11.4. The highest BCUT2D eigenvalue weighted by Crippen LogP contribution is 2.12. The standard InChI is InChI=1S/C14H15FN2O2S/c15-12-6-4-11(5-7-12)8-9-17-20(18,19)14-3-1-2-13(16)10-14/h1-7,10,17H,8-9,16H2. The Kier molecular flexibility index (Phi) is 4.36. The van der Waals surface area contributed by atoms with Crippen LogP contribution < -0.4 is 10.5 Å². The molecule has 0 unspecified atom stereocenters. The zero-order valence-electron chi connectivity index (χ0n) is 10.7. The zero-order chi connectivity index (χ0) is 14.6. The Bertz CT molecular complexity index is 685. The van der Waals surface area contributed by atoms with Crippen LogP contribution in [0.25, 0.3) is 0 Å². The molecule has 6 heteroatoms. The highest BCUT2D eigenvalue weighted by molar-refractivity contribution is 7.89. The number of nitrogens with one attached hydrogen (secondary N) is 1. The maximum absolute atomic E-state index is 12.7. The number of rotatable bonds is 5. The highest BCUT2D eigenvalue weighted by atomic mass is 32.2. The summed E-state index contributed by atoms with van der Waals surface area (Å²) < 4.78 is 39.2. The predicted molar refractivity (Wildman–Crippen MR) is 76.1 cm³/mol. The molecule has 0 spiro atoms. The van der Waals surface area contributed by atoms with Gasteiger partial charge < -0.3 is 5.73 Å². The van der Waals surface area contributed by atoms with Crippen LogP contribution in [0.4, 0.5) is 10.1 Å². The molecule has 0 saturated heterocycles. The molecule has 0 atom stereocenters.